The van der Waals surface area contributed by atoms with Gasteiger partial charge in [-0.2, -0.15) is 0 Å². The van der Waals surface area contributed by atoms with Gasteiger partial charge in [0.15, 0.2) is 17.0 Å². The van der Waals surface area contributed by atoms with Crippen molar-refractivity contribution in [2.24, 2.45) is 10.2 Å². The second kappa shape index (κ2) is 6.08. The number of ether oxygens (including phenoxy) is 1. The molecule has 0 saturated carbocycles. The topological polar surface area (TPSA) is 118 Å². The average Bonchev–Trinajstić information content (AvgIpc) is 3.19. The third-order valence-electron chi connectivity index (χ3n) is 4.09. The average molecular weight is 351 g/mol. The Kier molecular flexibility index (Phi) is 3.74. The number of ketones is 1. The van der Waals surface area contributed by atoms with Crippen molar-refractivity contribution < 1.29 is 24.3 Å². The monoisotopic (exact) mass is 351 g/mol. The summed E-state index contributed by atoms with van der Waals surface area (Å²) >= 11 is 0. The fourth-order valence-electron chi connectivity index (χ4n) is 2.84. The number of carbonyl (C=O) groups excluding carboxylic acids is 1. The van der Waals surface area contributed by atoms with Crippen LogP contribution in [0.1, 0.15) is 21.5 Å². The summed E-state index contributed by atoms with van der Waals surface area (Å²) in [5.41, 5.74) is 1.58. The van der Waals surface area contributed by atoms with Crippen LogP contribution in [-0.4, -0.2) is 28.3 Å². The Balaban J connectivity index is 1.77. The third kappa shape index (κ3) is 2.35. The molecule has 2 N–H and O–H groups in total. The SMILES string of the molecule is COc1cc(CO)cc2onc(N=NC3=C(O)c4ccccc4C3=O)c12. The molecule has 0 fully saturated rings. The van der Waals surface area contributed by atoms with Gasteiger partial charge in [0.2, 0.25) is 11.6 Å². The summed E-state index contributed by atoms with van der Waals surface area (Å²) in [6, 6.07) is 9.91. The van der Waals surface area contributed by atoms with Crippen molar-refractivity contribution >= 4 is 28.3 Å². The lowest BCUT2D eigenvalue weighted by atomic mass is 10.1. The maximum Gasteiger partial charge on any atom is 0.228 e. The van der Waals surface area contributed by atoms with Crippen LogP contribution in [0.2, 0.25) is 0 Å². The smallest absolute Gasteiger partial charge is 0.228 e. The van der Waals surface area contributed by atoms with E-state index in [1.54, 1.807) is 36.4 Å². The summed E-state index contributed by atoms with van der Waals surface area (Å²) in [5, 5.41) is 31.6. The number of fused-ring (bicyclic) bond motifs is 2. The second-order valence-electron chi connectivity index (χ2n) is 5.61. The number of rotatable bonds is 4. The van der Waals surface area contributed by atoms with Crippen LogP contribution in [0.4, 0.5) is 5.82 Å². The fraction of sp³-hybridized carbons (Fsp3) is 0.111. The zero-order valence-corrected chi connectivity index (χ0v) is 13.6. The maximum atomic E-state index is 12.4. The highest BCUT2D eigenvalue weighted by molar-refractivity contribution is 6.19. The van der Waals surface area contributed by atoms with Crippen molar-refractivity contribution in [1.29, 1.82) is 0 Å². The number of aromatic nitrogens is 1. The number of aliphatic hydroxyl groups is 2. The van der Waals surface area contributed by atoms with Crippen molar-refractivity contribution in [3.05, 3.63) is 58.8 Å². The van der Waals surface area contributed by atoms with Gasteiger partial charge < -0.3 is 19.5 Å². The molecule has 8 heteroatoms. The van der Waals surface area contributed by atoms with Crippen LogP contribution in [0.5, 0.6) is 5.75 Å². The summed E-state index contributed by atoms with van der Waals surface area (Å²) in [4.78, 5) is 12.4. The van der Waals surface area contributed by atoms with Gasteiger partial charge >= 0.3 is 0 Å². The molecule has 1 aliphatic rings. The van der Waals surface area contributed by atoms with Crippen molar-refractivity contribution in [2.75, 3.05) is 7.11 Å². The molecule has 0 aliphatic heterocycles. The van der Waals surface area contributed by atoms with Crippen LogP contribution < -0.4 is 4.74 Å². The van der Waals surface area contributed by atoms with Gasteiger partial charge in [-0.1, -0.05) is 29.4 Å². The van der Waals surface area contributed by atoms with E-state index in [2.05, 4.69) is 15.4 Å². The van der Waals surface area contributed by atoms with E-state index in [9.17, 15) is 15.0 Å². The van der Waals surface area contributed by atoms with Gasteiger partial charge in [0, 0.05) is 11.1 Å². The molecule has 0 bridgehead atoms. The molecule has 1 aromatic heterocycles. The molecule has 130 valence electrons. The number of Topliss-reactive ketones (excluding diaryl/α,β-unsaturated/α-hetero) is 1. The van der Waals surface area contributed by atoms with Crippen molar-refractivity contribution in [3.8, 4) is 5.75 Å². The number of hydrogen-bond donors (Lipinski definition) is 2. The number of carbonyl (C=O) groups is 1. The Hall–Kier alpha value is -3.52. The first-order valence-electron chi connectivity index (χ1n) is 7.70. The van der Waals surface area contributed by atoms with E-state index in [0.29, 0.717) is 33.4 Å². The molecule has 2 aromatic carbocycles. The van der Waals surface area contributed by atoms with E-state index >= 15 is 0 Å². The number of allylic oxidation sites excluding steroid dienone is 1. The number of methoxy groups -OCH3 is 1. The second-order valence-corrected chi connectivity index (χ2v) is 5.61. The van der Waals surface area contributed by atoms with E-state index in [4.69, 9.17) is 9.26 Å². The zero-order valence-electron chi connectivity index (χ0n) is 13.6. The summed E-state index contributed by atoms with van der Waals surface area (Å²) in [6.07, 6.45) is 0. The van der Waals surface area contributed by atoms with Crippen LogP contribution in [-0.2, 0) is 6.61 Å². The summed E-state index contributed by atoms with van der Waals surface area (Å²) in [5.74, 6) is -0.132. The molecule has 26 heavy (non-hydrogen) atoms. The van der Waals surface area contributed by atoms with E-state index in [1.165, 1.54) is 7.11 Å². The van der Waals surface area contributed by atoms with Crippen LogP contribution in [0.15, 0.2) is 56.8 Å². The lowest BCUT2D eigenvalue weighted by molar-refractivity contribution is 0.103. The molecule has 0 radical (unpaired) electrons. The molecule has 0 saturated heterocycles. The van der Waals surface area contributed by atoms with E-state index in [0.717, 1.165) is 0 Å². The molecule has 1 heterocycles. The minimum Gasteiger partial charge on any atom is -0.505 e. The minimum atomic E-state index is -0.413. The first kappa shape index (κ1) is 16.0. The van der Waals surface area contributed by atoms with E-state index in [-0.39, 0.29) is 23.9 Å². The number of nitrogens with zero attached hydrogens (tertiary/aromatic N) is 3. The van der Waals surface area contributed by atoms with Gasteiger partial charge in [0.1, 0.15) is 11.1 Å². The molecule has 0 unspecified atom stereocenters. The maximum absolute atomic E-state index is 12.4. The quantitative estimate of drug-likeness (QED) is 0.694. The first-order valence-corrected chi connectivity index (χ1v) is 7.70. The van der Waals surface area contributed by atoms with Gasteiger partial charge in [-0.25, -0.2) is 0 Å². The van der Waals surface area contributed by atoms with Crippen molar-refractivity contribution in [2.45, 2.75) is 6.61 Å². The number of benzene rings is 2. The largest absolute Gasteiger partial charge is 0.505 e. The molecule has 0 spiro atoms. The lowest BCUT2D eigenvalue weighted by Gasteiger charge is -2.03. The molecule has 1 aliphatic carbocycles. The highest BCUT2D eigenvalue weighted by Crippen LogP contribution is 2.37. The zero-order chi connectivity index (χ0) is 18.3. The Morgan fingerprint density at radius 1 is 1.19 bits per heavy atom. The van der Waals surface area contributed by atoms with Gasteiger partial charge in [0.05, 0.1) is 13.7 Å². The normalized spacial score (nSPS) is 13.8. The first-order chi connectivity index (χ1) is 12.6. The summed E-state index contributed by atoms with van der Waals surface area (Å²) < 4.78 is 10.5. The number of azo groups is 1. The predicted molar refractivity (Wildman–Crippen MR) is 91.3 cm³/mol. The Bertz CT molecular complexity index is 1100. The van der Waals surface area contributed by atoms with Crippen molar-refractivity contribution in [3.63, 3.8) is 0 Å². The van der Waals surface area contributed by atoms with Gasteiger partial charge in [0.25, 0.3) is 0 Å². The third-order valence-corrected chi connectivity index (χ3v) is 4.09. The predicted octanol–water partition coefficient (Wildman–Crippen LogP) is 3.54. The van der Waals surface area contributed by atoms with E-state index < -0.39 is 5.78 Å². The highest BCUT2D eigenvalue weighted by Gasteiger charge is 2.29. The fourth-order valence-corrected chi connectivity index (χ4v) is 2.84. The molecule has 4 rings (SSSR count). The van der Waals surface area contributed by atoms with Gasteiger partial charge in [-0.05, 0) is 17.7 Å². The molecular formula is C18H13N3O5. The Labute approximate surface area is 147 Å². The summed E-state index contributed by atoms with van der Waals surface area (Å²) in [6.45, 7) is -0.183. The Morgan fingerprint density at radius 2 is 1.96 bits per heavy atom. The number of hydrogen-bond acceptors (Lipinski definition) is 8. The van der Waals surface area contributed by atoms with Crippen LogP contribution in [0, 0.1) is 0 Å². The molecule has 0 amide bonds. The molecule has 8 nitrogen and oxygen atoms in total. The van der Waals surface area contributed by atoms with E-state index in [1.807, 2.05) is 0 Å². The number of aliphatic hydroxyl groups excluding tert-OH is 2. The van der Waals surface area contributed by atoms with Crippen molar-refractivity contribution in [1.82, 2.24) is 5.16 Å². The highest BCUT2D eigenvalue weighted by atomic mass is 16.5. The molecule has 3 aromatic rings. The standard InChI is InChI=1S/C18H13N3O5/c1-25-12-6-9(8-22)7-13-14(12)18(21-26-13)20-19-15-16(23)10-4-2-3-5-11(10)17(15)24/h2-7,22-23H,8H2,1H3. The van der Waals surface area contributed by atoms with Gasteiger partial charge in [-0.3, -0.25) is 4.79 Å². The summed E-state index contributed by atoms with van der Waals surface area (Å²) in [7, 11) is 1.47. The van der Waals surface area contributed by atoms with Crippen LogP contribution in [0.3, 0.4) is 0 Å². The van der Waals surface area contributed by atoms with Gasteiger partial charge in [-0.15, -0.1) is 10.2 Å². The molecule has 0 atom stereocenters. The molecular weight excluding hydrogens is 338 g/mol. The lowest BCUT2D eigenvalue weighted by Crippen LogP contribution is -1.95. The Morgan fingerprint density at radius 3 is 2.65 bits per heavy atom. The van der Waals surface area contributed by atoms with Crippen LogP contribution in [0.25, 0.3) is 16.7 Å². The van der Waals surface area contributed by atoms with Crippen LogP contribution >= 0.6 is 0 Å². The minimum absolute atomic E-state index is 0.102.